The quantitative estimate of drug-likeness (QED) is 0.793. The molecule has 15 heavy (non-hydrogen) atoms. The average molecular weight is 227 g/mol. The molecule has 5 heteroatoms. The number of Topliss-reactive ketones (excluding diaryl/α,β-unsaturated/α-hetero) is 1. The lowest BCUT2D eigenvalue weighted by atomic mass is 10.0. The van der Waals surface area contributed by atoms with E-state index in [0.717, 1.165) is 0 Å². The first-order valence-electron chi connectivity index (χ1n) is 4.30. The first-order chi connectivity index (χ1) is 7.08. The molecule has 0 bridgehead atoms. The van der Waals surface area contributed by atoms with Gasteiger partial charge in [-0.1, -0.05) is 11.6 Å². The van der Waals surface area contributed by atoms with Crippen molar-refractivity contribution in [1.82, 2.24) is 0 Å². The van der Waals surface area contributed by atoms with Crippen molar-refractivity contribution in [2.45, 2.75) is 12.5 Å². The number of hydrogen-bond acceptors (Lipinski definition) is 3. The largest absolute Gasteiger partial charge is 0.478 e. The van der Waals surface area contributed by atoms with Gasteiger partial charge in [-0.2, -0.15) is 0 Å². The maximum atomic E-state index is 11.6. The van der Waals surface area contributed by atoms with Crippen molar-refractivity contribution in [2.75, 3.05) is 0 Å². The molecule has 1 aliphatic heterocycles. The van der Waals surface area contributed by atoms with Gasteiger partial charge in [-0.05, 0) is 18.2 Å². The van der Waals surface area contributed by atoms with Crippen molar-refractivity contribution >= 4 is 23.4 Å². The number of carbonyl (C=O) groups excluding carboxylic acids is 1. The van der Waals surface area contributed by atoms with Crippen LogP contribution in [-0.2, 0) is 4.79 Å². The van der Waals surface area contributed by atoms with E-state index in [9.17, 15) is 9.59 Å². The van der Waals surface area contributed by atoms with Crippen molar-refractivity contribution in [3.63, 3.8) is 0 Å². The highest BCUT2D eigenvalue weighted by atomic mass is 35.5. The molecule has 1 aromatic carbocycles. The fourth-order valence-electron chi connectivity index (χ4n) is 1.43. The van der Waals surface area contributed by atoms with Gasteiger partial charge >= 0.3 is 5.97 Å². The molecule has 1 aromatic rings. The minimum absolute atomic E-state index is 0.150. The number of ketones is 1. The van der Waals surface area contributed by atoms with Crippen molar-refractivity contribution in [2.24, 2.45) is 0 Å². The number of benzene rings is 1. The number of rotatable bonds is 1. The molecule has 0 spiro atoms. The van der Waals surface area contributed by atoms with E-state index in [1.165, 1.54) is 12.1 Å². The fourth-order valence-corrected chi connectivity index (χ4v) is 1.61. The molecule has 1 aliphatic rings. The molecule has 2 rings (SSSR count). The van der Waals surface area contributed by atoms with Gasteiger partial charge in [0.05, 0.1) is 12.0 Å². The van der Waals surface area contributed by atoms with E-state index in [4.69, 9.17) is 21.4 Å². The topological polar surface area (TPSA) is 63.6 Å². The Kier molecular flexibility index (Phi) is 2.36. The van der Waals surface area contributed by atoms with Gasteiger partial charge in [0.1, 0.15) is 5.75 Å². The molecule has 1 atom stereocenters. The first-order valence-corrected chi connectivity index (χ1v) is 4.68. The summed E-state index contributed by atoms with van der Waals surface area (Å²) in [5, 5.41) is 9.16. The number of hydrogen-bond donors (Lipinski definition) is 1. The maximum absolute atomic E-state index is 11.6. The van der Waals surface area contributed by atoms with E-state index in [1.807, 2.05) is 0 Å². The Hall–Kier alpha value is -1.55. The summed E-state index contributed by atoms with van der Waals surface area (Å²) in [5.41, 5.74) is 0.347. The van der Waals surface area contributed by atoms with Crippen LogP contribution in [-0.4, -0.2) is 23.0 Å². The molecule has 1 heterocycles. The number of carbonyl (C=O) groups is 2. The fraction of sp³-hybridized carbons (Fsp3) is 0.200. The monoisotopic (exact) mass is 226 g/mol. The summed E-state index contributed by atoms with van der Waals surface area (Å²) in [6.07, 6.45) is -1.24. The zero-order valence-electron chi connectivity index (χ0n) is 7.57. The normalized spacial score (nSPS) is 19.3. The third-order valence-corrected chi connectivity index (χ3v) is 2.39. The first kappa shape index (κ1) is 9.98. The lowest BCUT2D eigenvalue weighted by molar-refractivity contribution is -0.145. The summed E-state index contributed by atoms with van der Waals surface area (Å²) in [6.45, 7) is 0. The predicted octanol–water partition coefficient (Wildman–Crippen LogP) is 1.76. The van der Waals surface area contributed by atoms with Gasteiger partial charge in [0.25, 0.3) is 0 Å². The Morgan fingerprint density at radius 1 is 1.53 bits per heavy atom. The zero-order valence-corrected chi connectivity index (χ0v) is 8.32. The Bertz CT molecular complexity index is 441. The van der Waals surface area contributed by atoms with Crippen LogP contribution in [0.1, 0.15) is 16.8 Å². The van der Waals surface area contributed by atoms with Crippen LogP contribution in [0, 0.1) is 0 Å². The van der Waals surface area contributed by atoms with Gasteiger partial charge in [-0.3, -0.25) is 4.79 Å². The second kappa shape index (κ2) is 3.55. The van der Waals surface area contributed by atoms with Crippen molar-refractivity contribution in [1.29, 1.82) is 0 Å². The molecular weight excluding hydrogens is 220 g/mol. The van der Waals surface area contributed by atoms with Crippen LogP contribution in [0.4, 0.5) is 0 Å². The summed E-state index contributed by atoms with van der Waals surface area (Å²) in [6, 6.07) is 4.54. The highest BCUT2D eigenvalue weighted by molar-refractivity contribution is 6.31. The number of carboxylic acids is 1. The second-order valence-electron chi connectivity index (χ2n) is 3.21. The highest BCUT2D eigenvalue weighted by Gasteiger charge is 2.31. The van der Waals surface area contributed by atoms with E-state index in [-0.39, 0.29) is 18.0 Å². The number of aliphatic carboxylic acids is 1. The molecule has 0 aliphatic carbocycles. The molecule has 0 aromatic heterocycles. The number of carboxylic acid groups (broad SMARTS) is 1. The van der Waals surface area contributed by atoms with Crippen molar-refractivity contribution in [3.05, 3.63) is 28.8 Å². The summed E-state index contributed by atoms with van der Waals surface area (Å²) >= 11 is 5.72. The van der Waals surface area contributed by atoms with Crippen LogP contribution < -0.4 is 4.74 Å². The van der Waals surface area contributed by atoms with Gasteiger partial charge in [0, 0.05) is 5.02 Å². The van der Waals surface area contributed by atoms with E-state index in [1.54, 1.807) is 6.07 Å². The molecule has 0 fully saturated rings. The lowest BCUT2D eigenvalue weighted by Crippen LogP contribution is -2.33. The van der Waals surface area contributed by atoms with Crippen LogP contribution >= 0.6 is 11.6 Å². The van der Waals surface area contributed by atoms with Crippen LogP contribution in [0.5, 0.6) is 5.75 Å². The molecule has 0 saturated carbocycles. The summed E-state index contributed by atoms with van der Waals surface area (Å²) in [7, 11) is 0. The molecule has 78 valence electrons. The third-order valence-electron chi connectivity index (χ3n) is 2.16. The smallest absolute Gasteiger partial charge is 0.345 e. The Morgan fingerprint density at radius 2 is 2.27 bits per heavy atom. The summed E-state index contributed by atoms with van der Waals surface area (Å²) in [4.78, 5) is 22.2. The highest BCUT2D eigenvalue weighted by Crippen LogP contribution is 2.29. The van der Waals surface area contributed by atoms with Crippen molar-refractivity contribution < 1.29 is 19.4 Å². The Balaban J connectivity index is 2.41. The number of ether oxygens (including phenoxy) is 1. The minimum atomic E-state index is -1.14. The van der Waals surface area contributed by atoms with Gasteiger partial charge in [-0.25, -0.2) is 4.79 Å². The number of fused-ring (bicyclic) bond motifs is 1. The molecular formula is C10H7ClO4. The van der Waals surface area contributed by atoms with Gasteiger partial charge in [0.15, 0.2) is 5.78 Å². The Labute approximate surface area is 90.4 Å². The van der Waals surface area contributed by atoms with Gasteiger partial charge < -0.3 is 9.84 Å². The summed E-state index contributed by atoms with van der Waals surface area (Å²) < 4.78 is 5.14. The van der Waals surface area contributed by atoms with Gasteiger partial charge in [-0.15, -0.1) is 0 Å². The van der Waals surface area contributed by atoms with Crippen molar-refractivity contribution in [3.8, 4) is 5.75 Å². The molecule has 4 nitrogen and oxygen atoms in total. The molecule has 0 amide bonds. The molecule has 0 radical (unpaired) electrons. The van der Waals surface area contributed by atoms with Crippen LogP contribution in [0.3, 0.4) is 0 Å². The van der Waals surface area contributed by atoms with Gasteiger partial charge in [0.2, 0.25) is 6.10 Å². The third kappa shape index (κ3) is 1.80. The maximum Gasteiger partial charge on any atom is 0.345 e. The number of halogens is 1. The zero-order chi connectivity index (χ0) is 11.0. The molecule has 0 unspecified atom stereocenters. The minimum Gasteiger partial charge on any atom is -0.478 e. The Morgan fingerprint density at radius 3 is 2.93 bits per heavy atom. The molecule has 0 saturated heterocycles. The van der Waals surface area contributed by atoms with E-state index < -0.39 is 12.1 Å². The second-order valence-corrected chi connectivity index (χ2v) is 3.65. The van der Waals surface area contributed by atoms with Crippen LogP contribution in [0.25, 0.3) is 0 Å². The molecule has 1 N–H and O–H groups in total. The van der Waals surface area contributed by atoms with Crippen LogP contribution in [0.15, 0.2) is 18.2 Å². The SMILES string of the molecule is O=C1C[C@@H](C(=O)O)Oc2ccc(Cl)cc21. The van der Waals surface area contributed by atoms with E-state index >= 15 is 0 Å². The average Bonchev–Trinajstić information content (AvgIpc) is 2.18. The predicted molar refractivity (Wildman–Crippen MR) is 52.5 cm³/mol. The van der Waals surface area contributed by atoms with E-state index in [0.29, 0.717) is 10.6 Å². The standard InChI is InChI=1S/C10H7ClO4/c11-5-1-2-8-6(3-5)7(12)4-9(15-8)10(13)14/h1-3,9H,4H2,(H,13,14)/t9-/m0/s1. The van der Waals surface area contributed by atoms with E-state index in [2.05, 4.69) is 0 Å². The van der Waals surface area contributed by atoms with Crippen LogP contribution in [0.2, 0.25) is 5.02 Å². The lowest BCUT2D eigenvalue weighted by Gasteiger charge is -2.21. The summed E-state index contributed by atoms with van der Waals surface area (Å²) in [5.74, 6) is -1.11.